The van der Waals surface area contributed by atoms with Crippen molar-refractivity contribution in [2.75, 3.05) is 5.32 Å². The van der Waals surface area contributed by atoms with Gasteiger partial charge in [-0.15, -0.1) is 0 Å². The Morgan fingerprint density at radius 2 is 1.20 bits per heavy atom. The van der Waals surface area contributed by atoms with E-state index < -0.39 is 5.41 Å². The van der Waals surface area contributed by atoms with Gasteiger partial charge in [-0.2, -0.15) is 15.0 Å². The van der Waals surface area contributed by atoms with Crippen LogP contribution in [-0.4, -0.2) is 15.0 Å². The molecule has 1 spiro atoms. The van der Waals surface area contributed by atoms with Crippen LogP contribution in [0.5, 0.6) is 0 Å². The standard InChI is InChI=1S/C54H34Cl2N4/c1-53(2)39-16-8-10-18-41(39)54(42-19-11-9-17-40(42)53)43-27-25-36(33-23-21-31-22-24-34(30-35(31)29-33)50-58-51(55)60-52(56)59-50)46-38-15-7-12-20-45(38)57-49-37(32-13-5-3-4-6-14-32)26-28-44(54)48(49)47(43)46/h3,5,7-13,15-30,57H,4H2,1-2H3. The lowest BCUT2D eigenvalue weighted by Crippen LogP contribution is -2.40. The lowest BCUT2D eigenvalue weighted by atomic mass is 9.55. The molecule has 2 heterocycles. The molecule has 1 aromatic heterocycles. The quantitative estimate of drug-likeness (QED) is 0.181. The normalized spacial score (nSPS) is 15.4. The third kappa shape index (κ3) is 4.85. The highest BCUT2D eigenvalue weighted by Crippen LogP contribution is 2.67. The smallest absolute Gasteiger partial charge is 0.227 e. The lowest BCUT2D eigenvalue weighted by molar-refractivity contribution is 0.563. The topological polar surface area (TPSA) is 50.7 Å². The summed E-state index contributed by atoms with van der Waals surface area (Å²) >= 11 is 12.4. The van der Waals surface area contributed by atoms with E-state index in [1.165, 1.54) is 50.1 Å². The molecule has 0 saturated carbocycles. The number of hydrogen-bond acceptors (Lipinski definition) is 4. The van der Waals surface area contributed by atoms with Gasteiger partial charge in [0.1, 0.15) is 0 Å². The van der Waals surface area contributed by atoms with Crippen molar-refractivity contribution in [1.82, 2.24) is 15.0 Å². The minimum Gasteiger partial charge on any atom is -0.354 e. The molecule has 0 amide bonds. The van der Waals surface area contributed by atoms with Gasteiger partial charge in [0.05, 0.1) is 11.1 Å². The van der Waals surface area contributed by atoms with Crippen LogP contribution in [0.25, 0.3) is 61.1 Å². The Morgan fingerprint density at radius 3 is 1.95 bits per heavy atom. The first-order valence-electron chi connectivity index (χ1n) is 20.2. The van der Waals surface area contributed by atoms with Crippen molar-refractivity contribution in [1.29, 1.82) is 0 Å². The van der Waals surface area contributed by atoms with Crippen LogP contribution in [0.3, 0.4) is 0 Å². The van der Waals surface area contributed by atoms with E-state index in [9.17, 15) is 0 Å². The molecule has 6 heteroatoms. The second-order valence-corrected chi connectivity index (χ2v) is 17.1. The maximum Gasteiger partial charge on any atom is 0.227 e. The van der Waals surface area contributed by atoms with Crippen molar-refractivity contribution in [3.8, 4) is 56.6 Å². The molecule has 0 radical (unpaired) electrons. The Morgan fingerprint density at radius 1 is 0.567 bits per heavy atom. The highest BCUT2D eigenvalue weighted by Gasteiger charge is 2.55. The number of fused-ring (bicyclic) bond motifs is 9. The summed E-state index contributed by atoms with van der Waals surface area (Å²) in [7, 11) is 0. The van der Waals surface area contributed by atoms with Gasteiger partial charge >= 0.3 is 0 Å². The van der Waals surface area contributed by atoms with Crippen molar-refractivity contribution in [2.45, 2.75) is 31.1 Å². The largest absolute Gasteiger partial charge is 0.354 e. The zero-order valence-corrected chi connectivity index (χ0v) is 34.3. The van der Waals surface area contributed by atoms with Crippen LogP contribution in [0.4, 0.5) is 11.4 Å². The molecule has 1 N–H and O–H groups in total. The number of nitrogens with zero attached hydrogens (tertiary/aromatic N) is 3. The number of rotatable bonds is 3. The Kier molecular flexibility index (Phi) is 7.55. The predicted octanol–water partition coefficient (Wildman–Crippen LogP) is 13.7. The SMILES string of the molecule is CC1(C)c2ccccc2C2(c3ccccc31)c1ccc(C3=CC=CCC#C3)c3c1-c1c2ccc(-c2ccc4ccc(-c5nc(Cl)nc(Cl)n5)cc4c2)c1-c1ccccc1N3. The van der Waals surface area contributed by atoms with E-state index >= 15 is 0 Å². The summed E-state index contributed by atoms with van der Waals surface area (Å²) in [4.78, 5) is 12.7. The first kappa shape index (κ1) is 35.2. The third-order valence-electron chi connectivity index (χ3n) is 13.1. The molecule has 3 aliphatic carbocycles. The Balaban J connectivity index is 1.21. The number of para-hydroxylation sites is 1. The van der Waals surface area contributed by atoms with Gasteiger partial charge in [-0.05, 0) is 114 Å². The van der Waals surface area contributed by atoms with E-state index in [0.717, 1.165) is 62.0 Å². The molecule has 7 aromatic carbocycles. The van der Waals surface area contributed by atoms with Gasteiger partial charge in [-0.25, -0.2) is 0 Å². The highest BCUT2D eigenvalue weighted by atomic mass is 35.5. The van der Waals surface area contributed by atoms with Crippen LogP contribution in [0, 0.1) is 11.8 Å². The minimum absolute atomic E-state index is 0.0608. The van der Waals surface area contributed by atoms with Crippen LogP contribution in [0.2, 0.25) is 10.6 Å². The Hall–Kier alpha value is -6.77. The molecular weight excluding hydrogens is 776 g/mol. The average molecular weight is 810 g/mol. The second kappa shape index (κ2) is 12.9. The maximum atomic E-state index is 6.22. The molecule has 0 unspecified atom stereocenters. The molecule has 8 aromatic rings. The summed E-state index contributed by atoms with van der Waals surface area (Å²) in [6, 6.07) is 49.4. The monoisotopic (exact) mass is 808 g/mol. The van der Waals surface area contributed by atoms with Gasteiger partial charge in [0.2, 0.25) is 10.6 Å². The van der Waals surface area contributed by atoms with Crippen molar-refractivity contribution in [3.63, 3.8) is 0 Å². The molecule has 12 rings (SSSR count). The summed E-state index contributed by atoms with van der Waals surface area (Å²) in [6.45, 7) is 4.75. The fourth-order valence-corrected chi connectivity index (χ4v) is 10.9. The van der Waals surface area contributed by atoms with E-state index in [1.54, 1.807) is 0 Å². The van der Waals surface area contributed by atoms with Crippen molar-refractivity contribution in [3.05, 3.63) is 201 Å². The summed E-state index contributed by atoms with van der Waals surface area (Å²) in [5.41, 5.74) is 19.3. The van der Waals surface area contributed by atoms with Crippen molar-refractivity contribution < 1.29 is 0 Å². The fraction of sp³-hybridized carbons (Fsp3) is 0.0926. The minimum atomic E-state index is -0.573. The van der Waals surface area contributed by atoms with Crippen LogP contribution in [0.1, 0.15) is 59.2 Å². The maximum absolute atomic E-state index is 6.22. The number of hydrogen-bond donors (Lipinski definition) is 1. The molecule has 60 heavy (non-hydrogen) atoms. The number of anilines is 2. The number of halogens is 2. The molecule has 4 aliphatic rings. The summed E-state index contributed by atoms with van der Waals surface area (Å²) < 4.78 is 0. The zero-order valence-electron chi connectivity index (χ0n) is 32.7. The molecule has 0 bridgehead atoms. The molecular formula is C54H34Cl2N4. The zero-order chi connectivity index (χ0) is 40.3. The second-order valence-electron chi connectivity index (χ2n) is 16.4. The predicted molar refractivity (Wildman–Crippen MR) is 246 cm³/mol. The first-order chi connectivity index (χ1) is 29.3. The Labute approximate surface area is 358 Å². The summed E-state index contributed by atoms with van der Waals surface area (Å²) in [5.74, 6) is 7.34. The van der Waals surface area contributed by atoms with Gasteiger partial charge in [-0.1, -0.05) is 153 Å². The lowest BCUT2D eigenvalue weighted by Gasteiger charge is -2.46. The van der Waals surface area contributed by atoms with Gasteiger partial charge < -0.3 is 5.32 Å². The highest BCUT2D eigenvalue weighted by molar-refractivity contribution is 6.31. The first-order valence-corrected chi connectivity index (χ1v) is 21.0. The van der Waals surface area contributed by atoms with E-state index in [4.69, 9.17) is 23.2 Å². The molecule has 0 atom stereocenters. The summed E-state index contributed by atoms with van der Waals surface area (Å²) in [5, 5.41) is 6.34. The molecule has 0 fully saturated rings. The van der Waals surface area contributed by atoms with Crippen LogP contribution in [0.15, 0.2) is 152 Å². The number of nitrogens with one attached hydrogen (secondary N) is 1. The summed E-state index contributed by atoms with van der Waals surface area (Å²) in [6.07, 6.45) is 7.14. The van der Waals surface area contributed by atoms with Crippen LogP contribution < -0.4 is 5.32 Å². The van der Waals surface area contributed by atoms with Crippen molar-refractivity contribution >= 4 is 50.9 Å². The van der Waals surface area contributed by atoms with Gasteiger partial charge in [0.15, 0.2) is 5.82 Å². The molecule has 284 valence electrons. The molecule has 1 aliphatic heterocycles. The van der Waals surface area contributed by atoms with Crippen LogP contribution in [-0.2, 0) is 10.8 Å². The van der Waals surface area contributed by atoms with Gasteiger partial charge in [-0.3, -0.25) is 0 Å². The average Bonchev–Trinajstić information content (AvgIpc) is 3.42. The van der Waals surface area contributed by atoms with Gasteiger partial charge in [0.25, 0.3) is 0 Å². The van der Waals surface area contributed by atoms with Gasteiger partial charge in [0, 0.05) is 45.4 Å². The molecule has 0 saturated heterocycles. The van der Waals surface area contributed by atoms with Crippen LogP contribution >= 0.6 is 23.2 Å². The third-order valence-corrected chi connectivity index (χ3v) is 13.4. The van der Waals surface area contributed by atoms with E-state index in [0.29, 0.717) is 5.82 Å². The number of allylic oxidation sites excluding steroid dienone is 4. The van der Waals surface area contributed by atoms with E-state index in [1.807, 2.05) is 6.07 Å². The Bertz CT molecular complexity index is 3280. The number of benzene rings is 7. The fourth-order valence-electron chi connectivity index (χ4n) is 10.5. The van der Waals surface area contributed by atoms with E-state index in [2.05, 4.69) is 192 Å². The van der Waals surface area contributed by atoms with Crippen molar-refractivity contribution in [2.24, 2.45) is 0 Å². The number of aromatic nitrogens is 3. The van der Waals surface area contributed by atoms with E-state index in [-0.39, 0.29) is 16.0 Å². The molecule has 4 nitrogen and oxygen atoms in total.